The summed E-state index contributed by atoms with van der Waals surface area (Å²) in [6.07, 6.45) is 5.35. The zero-order valence-corrected chi connectivity index (χ0v) is 11.1. The van der Waals surface area contributed by atoms with E-state index in [-0.39, 0.29) is 11.9 Å². The van der Waals surface area contributed by atoms with Gasteiger partial charge in [-0.2, -0.15) is 0 Å². The molecule has 1 aromatic heterocycles. The summed E-state index contributed by atoms with van der Waals surface area (Å²) in [6, 6.07) is 4.34. The maximum absolute atomic E-state index is 13.2. The number of hydrogen-bond donors (Lipinski definition) is 2. The van der Waals surface area contributed by atoms with Gasteiger partial charge in [0.2, 0.25) is 0 Å². The van der Waals surface area contributed by atoms with Crippen LogP contribution < -0.4 is 11.3 Å². The summed E-state index contributed by atoms with van der Waals surface area (Å²) in [7, 11) is 0. The van der Waals surface area contributed by atoms with E-state index in [1.807, 2.05) is 0 Å². The summed E-state index contributed by atoms with van der Waals surface area (Å²) in [5.41, 5.74) is 4.21. The van der Waals surface area contributed by atoms with Crippen molar-refractivity contribution in [3.63, 3.8) is 0 Å². The van der Waals surface area contributed by atoms with Crippen molar-refractivity contribution < 1.29 is 4.39 Å². The zero-order chi connectivity index (χ0) is 13.0. The Morgan fingerprint density at radius 3 is 2.89 bits per heavy atom. The van der Waals surface area contributed by atoms with Gasteiger partial charge in [0.15, 0.2) is 0 Å². The zero-order valence-electron chi connectivity index (χ0n) is 9.48. The molecule has 0 amide bonds. The second-order valence-corrected chi connectivity index (χ2v) is 4.64. The molecule has 1 heterocycles. The molecule has 0 saturated heterocycles. The van der Waals surface area contributed by atoms with Crippen LogP contribution >= 0.6 is 15.9 Å². The number of benzene rings is 1. The second-order valence-electron chi connectivity index (χ2n) is 3.79. The van der Waals surface area contributed by atoms with Crippen LogP contribution in [0.25, 0.3) is 0 Å². The van der Waals surface area contributed by atoms with E-state index >= 15 is 0 Å². The number of hydrogen-bond acceptors (Lipinski definition) is 4. The molecule has 94 valence electrons. The van der Waals surface area contributed by atoms with Crippen LogP contribution in [0.15, 0.2) is 41.3 Å². The first-order valence-corrected chi connectivity index (χ1v) is 6.16. The minimum atomic E-state index is -0.275. The third-order valence-electron chi connectivity index (χ3n) is 2.57. The molecule has 0 aliphatic heterocycles. The van der Waals surface area contributed by atoms with Crippen LogP contribution in [0.2, 0.25) is 0 Å². The van der Waals surface area contributed by atoms with Gasteiger partial charge < -0.3 is 0 Å². The van der Waals surface area contributed by atoms with Gasteiger partial charge in [-0.15, -0.1) is 0 Å². The highest BCUT2D eigenvalue weighted by Crippen LogP contribution is 2.23. The molecular formula is C12H12BrFN4. The van der Waals surface area contributed by atoms with Gasteiger partial charge in [0.1, 0.15) is 5.82 Å². The van der Waals surface area contributed by atoms with Crippen molar-refractivity contribution in [1.82, 2.24) is 15.4 Å². The average molecular weight is 311 g/mol. The lowest BCUT2D eigenvalue weighted by atomic mass is 10.0. The van der Waals surface area contributed by atoms with Gasteiger partial charge in [0.05, 0.1) is 17.9 Å². The Bertz CT molecular complexity index is 521. The van der Waals surface area contributed by atoms with Crippen molar-refractivity contribution in [2.24, 2.45) is 5.84 Å². The number of hydrazine groups is 1. The number of aromatic nitrogens is 2. The van der Waals surface area contributed by atoms with Crippen LogP contribution in [0.1, 0.15) is 17.3 Å². The molecule has 0 saturated carbocycles. The number of nitrogens with zero attached hydrogens (tertiary/aromatic N) is 2. The molecule has 1 atom stereocenters. The first kappa shape index (κ1) is 13.1. The van der Waals surface area contributed by atoms with E-state index < -0.39 is 0 Å². The van der Waals surface area contributed by atoms with Crippen LogP contribution in [0.5, 0.6) is 0 Å². The molecular weight excluding hydrogens is 299 g/mol. The van der Waals surface area contributed by atoms with E-state index in [1.54, 1.807) is 24.7 Å². The molecule has 2 aromatic rings. The minimum absolute atomic E-state index is 0.211. The van der Waals surface area contributed by atoms with Crippen molar-refractivity contribution >= 4 is 15.9 Å². The van der Waals surface area contributed by atoms with Gasteiger partial charge in [0, 0.05) is 16.9 Å². The van der Waals surface area contributed by atoms with Crippen LogP contribution in [0.4, 0.5) is 4.39 Å². The monoisotopic (exact) mass is 310 g/mol. The summed E-state index contributed by atoms with van der Waals surface area (Å²) < 4.78 is 14.0. The first-order valence-electron chi connectivity index (χ1n) is 5.36. The molecule has 18 heavy (non-hydrogen) atoms. The highest BCUT2D eigenvalue weighted by atomic mass is 79.9. The van der Waals surface area contributed by atoms with Gasteiger partial charge in [0.25, 0.3) is 0 Å². The van der Waals surface area contributed by atoms with E-state index in [9.17, 15) is 4.39 Å². The Morgan fingerprint density at radius 2 is 2.22 bits per heavy atom. The summed E-state index contributed by atoms with van der Waals surface area (Å²) in [5.74, 6) is 5.24. The molecule has 0 bridgehead atoms. The van der Waals surface area contributed by atoms with Gasteiger partial charge in [-0.05, 0) is 30.2 Å². The van der Waals surface area contributed by atoms with Crippen molar-refractivity contribution in [2.75, 3.05) is 0 Å². The SMILES string of the molecule is NNC(Cc1cc(F)ccc1Br)c1cnccn1. The first-order chi connectivity index (χ1) is 8.70. The van der Waals surface area contributed by atoms with Gasteiger partial charge >= 0.3 is 0 Å². The fraction of sp³-hybridized carbons (Fsp3) is 0.167. The predicted octanol–water partition coefficient (Wildman–Crippen LogP) is 2.13. The summed E-state index contributed by atoms with van der Waals surface area (Å²) in [5, 5.41) is 0. The van der Waals surface area contributed by atoms with Crippen LogP contribution in [0.3, 0.4) is 0 Å². The normalized spacial score (nSPS) is 12.4. The fourth-order valence-electron chi connectivity index (χ4n) is 1.66. The summed E-state index contributed by atoms with van der Waals surface area (Å²) in [6.45, 7) is 0. The molecule has 0 fully saturated rings. The van der Waals surface area contributed by atoms with Crippen LogP contribution in [0, 0.1) is 5.82 Å². The number of rotatable bonds is 4. The van der Waals surface area contributed by atoms with Crippen LogP contribution in [-0.4, -0.2) is 9.97 Å². The largest absolute Gasteiger partial charge is 0.271 e. The van der Waals surface area contributed by atoms with E-state index in [0.29, 0.717) is 6.42 Å². The maximum Gasteiger partial charge on any atom is 0.123 e. The van der Waals surface area contributed by atoms with E-state index in [1.165, 1.54) is 12.1 Å². The molecule has 6 heteroatoms. The Kier molecular flexibility index (Phi) is 4.35. The van der Waals surface area contributed by atoms with Crippen molar-refractivity contribution in [1.29, 1.82) is 0 Å². The predicted molar refractivity (Wildman–Crippen MR) is 69.9 cm³/mol. The molecule has 1 unspecified atom stereocenters. The molecule has 2 rings (SSSR count). The minimum Gasteiger partial charge on any atom is -0.271 e. The lowest BCUT2D eigenvalue weighted by Gasteiger charge is -2.15. The quantitative estimate of drug-likeness (QED) is 0.671. The molecule has 4 nitrogen and oxygen atoms in total. The van der Waals surface area contributed by atoms with Gasteiger partial charge in [-0.25, -0.2) is 4.39 Å². The van der Waals surface area contributed by atoms with E-state index in [0.717, 1.165) is 15.7 Å². The standard InChI is InChI=1S/C12H12BrFN4/c13-10-2-1-9(14)5-8(10)6-11(18-15)12-7-16-3-4-17-12/h1-5,7,11,18H,6,15H2. The Morgan fingerprint density at radius 1 is 1.39 bits per heavy atom. The third kappa shape index (κ3) is 3.10. The Balaban J connectivity index is 2.23. The lowest BCUT2D eigenvalue weighted by Crippen LogP contribution is -2.30. The number of nitrogens with two attached hydrogens (primary N) is 1. The van der Waals surface area contributed by atoms with Gasteiger partial charge in [-0.1, -0.05) is 15.9 Å². The molecule has 0 aliphatic rings. The molecule has 0 spiro atoms. The fourth-order valence-corrected chi connectivity index (χ4v) is 2.07. The highest BCUT2D eigenvalue weighted by molar-refractivity contribution is 9.10. The molecule has 1 aromatic carbocycles. The Labute approximate surface area is 113 Å². The van der Waals surface area contributed by atoms with Crippen molar-refractivity contribution in [2.45, 2.75) is 12.5 Å². The summed E-state index contributed by atoms with van der Waals surface area (Å²) in [4.78, 5) is 8.18. The smallest absolute Gasteiger partial charge is 0.123 e. The topological polar surface area (TPSA) is 63.8 Å². The van der Waals surface area contributed by atoms with E-state index in [2.05, 4.69) is 31.3 Å². The molecule has 0 aliphatic carbocycles. The van der Waals surface area contributed by atoms with Crippen LogP contribution in [-0.2, 0) is 6.42 Å². The van der Waals surface area contributed by atoms with Crippen molar-refractivity contribution in [3.05, 3.63) is 58.3 Å². The second kappa shape index (κ2) is 5.99. The summed E-state index contributed by atoms with van der Waals surface area (Å²) >= 11 is 3.39. The Hall–Kier alpha value is -1.37. The maximum atomic E-state index is 13.2. The lowest BCUT2D eigenvalue weighted by molar-refractivity contribution is 0.532. The van der Waals surface area contributed by atoms with E-state index in [4.69, 9.17) is 5.84 Å². The third-order valence-corrected chi connectivity index (χ3v) is 3.35. The number of halogens is 2. The highest BCUT2D eigenvalue weighted by Gasteiger charge is 2.14. The number of nitrogens with one attached hydrogen (secondary N) is 1. The van der Waals surface area contributed by atoms with Gasteiger partial charge in [-0.3, -0.25) is 21.2 Å². The average Bonchev–Trinajstić information content (AvgIpc) is 2.41. The molecule has 0 radical (unpaired) electrons. The van der Waals surface area contributed by atoms with Crippen molar-refractivity contribution in [3.8, 4) is 0 Å². The molecule has 3 N–H and O–H groups in total.